The number of nitrogens with zero attached hydrogens (tertiary/aromatic N) is 1. The third-order valence-corrected chi connectivity index (χ3v) is 3.97. The number of hydrogen-bond donors (Lipinski definition) is 1. The lowest BCUT2D eigenvalue weighted by atomic mass is 10.2. The lowest BCUT2D eigenvalue weighted by molar-refractivity contribution is -0.384. The Morgan fingerprint density at radius 1 is 1.30 bits per heavy atom. The van der Waals surface area contributed by atoms with Crippen LogP contribution in [0.2, 0.25) is 5.02 Å². The predicted molar refractivity (Wildman–Crippen MR) is 83.7 cm³/mol. The topological polar surface area (TPSA) is 55.2 Å². The molecule has 0 aromatic heterocycles. The van der Waals surface area contributed by atoms with Crippen LogP contribution in [0.5, 0.6) is 0 Å². The van der Waals surface area contributed by atoms with E-state index in [1.54, 1.807) is 17.8 Å². The van der Waals surface area contributed by atoms with Crippen LogP contribution in [0.4, 0.5) is 11.4 Å². The third-order valence-electron chi connectivity index (χ3n) is 2.82. The number of anilines is 1. The van der Waals surface area contributed by atoms with Crippen LogP contribution in [0.3, 0.4) is 0 Å². The van der Waals surface area contributed by atoms with Gasteiger partial charge < -0.3 is 5.32 Å². The van der Waals surface area contributed by atoms with Crippen LogP contribution < -0.4 is 5.32 Å². The Kier molecular flexibility index (Phi) is 4.87. The molecule has 0 fully saturated rings. The SMILES string of the molecule is CSc1ccccc1NCc1ccc([N+](=O)[O-])cc1Cl. The van der Waals surface area contributed by atoms with Gasteiger partial charge in [0.1, 0.15) is 0 Å². The first-order chi connectivity index (χ1) is 9.61. The molecule has 4 nitrogen and oxygen atoms in total. The van der Waals surface area contributed by atoms with Gasteiger partial charge in [0.15, 0.2) is 0 Å². The highest BCUT2D eigenvalue weighted by Crippen LogP contribution is 2.27. The van der Waals surface area contributed by atoms with Crippen LogP contribution in [0.15, 0.2) is 47.4 Å². The van der Waals surface area contributed by atoms with Gasteiger partial charge in [-0.25, -0.2) is 0 Å². The first-order valence-corrected chi connectivity index (χ1v) is 7.52. The van der Waals surface area contributed by atoms with Crippen molar-refractivity contribution in [2.45, 2.75) is 11.4 Å². The highest BCUT2D eigenvalue weighted by molar-refractivity contribution is 7.98. The van der Waals surface area contributed by atoms with Crippen LogP contribution in [0.1, 0.15) is 5.56 Å². The molecule has 2 aromatic rings. The molecule has 1 N–H and O–H groups in total. The summed E-state index contributed by atoms with van der Waals surface area (Å²) < 4.78 is 0. The molecule has 0 bridgehead atoms. The molecule has 0 atom stereocenters. The Balaban J connectivity index is 2.13. The van der Waals surface area contributed by atoms with Crippen molar-refractivity contribution < 1.29 is 4.92 Å². The first-order valence-electron chi connectivity index (χ1n) is 5.91. The Hall–Kier alpha value is -1.72. The van der Waals surface area contributed by atoms with Gasteiger partial charge in [-0.3, -0.25) is 10.1 Å². The van der Waals surface area contributed by atoms with E-state index in [4.69, 9.17) is 11.6 Å². The van der Waals surface area contributed by atoms with Gasteiger partial charge in [-0.15, -0.1) is 11.8 Å². The third kappa shape index (κ3) is 3.43. The quantitative estimate of drug-likeness (QED) is 0.499. The largest absolute Gasteiger partial charge is 0.380 e. The smallest absolute Gasteiger partial charge is 0.270 e. The van der Waals surface area contributed by atoms with Crippen molar-refractivity contribution in [2.75, 3.05) is 11.6 Å². The fourth-order valence-electron chi connectivity index (χ4n) is 1.77. The summed E-state index contributed by atoms with van der Waals surface area (Å²) in [6, 6.07) is 12.5. The summed E-state index contributed by atoms with van der Waals surface area (Å²) in [5, 5.41) is 14.3. The molecule has 0 amide bonds. The lowest BCUT2D eigenvalue weighted by Gasteiger charge is -2.11. The van der Waals surface area contributed by atoms with Crippen molar-refractivity contribution in [1.82, 2.24) is 0 Å². The van der Waals surface area contributed by atoms with Crippen molar-refractivity contribution in [2.24, 2.45) is 0 Å². The van der Waals surface area contributed by atoms with Crippen LogP contribution >= 0.6 is 23.4 Å². The predicted octanol–water partition coefficient (Wildman–Crippen LogP) is 4.58. The molecule has 2 rings (SSSR count). The first kappa shape index (κ1) is 14.7. The second-order valence-corrected chi connectivity index (χ2v) is 5.34. The Bertz CT molecular complexity index is 634. The van der Waals surface area contributed by atoms with E-state index in [-0.39, 0.29) is 5.69 Å². The zero-order chi connectivity index (χ0) is 14.5. The molecule has 0 aliphatic rings. The molecule has 20 heavy (non-hydrogen) atoms. The van der Waals surface area contributed by atoms with E-state index in [1.807, 2.05) is 30.5 Å². The maximum Gasteiger partial charge on any atom is 0.270 e. The average Bonchev–Trinajstić information content (AvgIpc) is 2.46. The maximum atomic E-state index is 10.7. The summed E-state index contributed by atoms with van der Waals surface area (Å²) in [4.78, 5) is 11.3. The van der Waals surface area contributed by atoms with E-state index in [2.05, 4.69) is 5.32 Å². The summed E-state index contributed by atoms with van der Waals surface area (Å²) in [5.74, 6) is 0. The molecule has 104 valence electrons. The van der Waals surface area contributed by atoms with Crippen LogP contribution in [0.25, 0.3) is 0 Å². The van der Waals surface area contributed by atoms with Crippen molar-refractivity contribution in [3.63, 3.8) is 0 Å². The molecule has 0 aliphatic carbocycles. The van der Waals surface area contributed by atoms with Gasteiger partial charge in [0.25, 0.3) is 5.69 Å². The summed E-state index contributed by atoms with van der Waals surface area (Å²) in [6.07, 6.45) is 2.01. The molecule has 0 saturated heterocycles. The van der Waals surface area contributed by atoms with E-state index < -0.39 is 4.92 Å². The Labute approximate surface area is 126 Å². The van der Waals surface area contributed by atoms with Gasteiger partial charge in [0.2, 0.25) is 0 Å². The zero-order valence-corrected chi connectivity index (χ0v) is 12.4. The van der Waals surface area contributed by atoms with Crippen molar-refractivity contribution in [3.05, 3.63) is 63.2 Å². The van der Waals surface area contributed by atoms with E-state index in [1.165, 1.54) is 12.1 Å². The molecule has 0 radical (unpaired) electrons. The van der Waals surface area contributed by atoms with Gasteiger partial charge in [-0.1, -0.05) is 23.7 Å². The number of para-hydroxylation sites is 1. The minimum Gasteiger partial charge on any atom is -0.380 e. The zero-order valence-electron chi connectivity index (χ0n) is 10.8. The summed E-state index contributed by atoms with van der Waals surface area (Å²) in [5.41, 5.74) is 1.85. The highest BCUT2D eigenvalue weighted by atomic mass is 35.5. The Morgan fingerprint density at radius 3 is 2.70 bits per heavy atom. The Morgan fingerprint density at radius 2 is 2.05 bits per heavy atom. The fraction of sp³-hybridized carbons (Fsp3) is 0.143. The average molecular weight is 309 g/mol. The number of nitrogens with one attached hydrogen (secondary N) is 1. The monoisotopic (exact) mass is 308 g/mol. The van der Waals surface area contributed by atoms with Gasteiger partial charge in [-0.2, -0.15) is 0 Å². The van der Waals surface area contributed by atoms with E-state index in [9.17, 15) is 10.1 Å². The number of thioether (sulfide) groups is 1. The second kappa shape index (κ2) is 6.63. The summed E-state index contributed by atoms with van der Waals surface area (Å²) in [7, 11) is 0. The molecular formula is C14H13ClN2O2S. The number of hydrogen-bond acceptors (Lipinski definition) is 4. The molecule has 0 heterocycles. The molecule has 6 heteroatoms. The number of nitro groups is 1. The van der Waals surface area contributed by atoms with E-state index in [0.29, 0.717) is 11.6 Å². The van der Waals surface area contributed by atoms with Crippen molar-refractivity contribution in [1.29, 1.82) is 0 Å². The fourth-order valence-corrected chi connectivity index (χ4v) is 2.59. The van der Waals surface area contributed by atoms with Crippen molar-refractivity contribution >= 4 is 34.7 Å². The van der Waals surface area contributed by atoms with E-state index in [0.717, 1.165) is 16.1 Å². The van der Waals surface area contributed by atoms with Crippen LogP contribution in [-0.4, -0.2) is 11.2 Å². The van der Waals surface area contributed by atoms with Gasteiger partial charge in [0.05, 0.1) is 9.95 Å². The van der Waals surface area contributed by atoms with Crippen molar-refractivity contribution in [3.8, 4) is 0 Å². The maximum absolute atomic E-state index is 10.7. The van der Waals surface area contributed by atoms with Gasteiger partial charge in [-0.05, 0) is 30.0 Å². The number of halogens is 1. The molecule has 0 spiro atoms. The number of non-ortho nitro benzene ring substituents is 1. The van der Waals surface area contributed by atoms with Gasteiger partial charge >= 0.3 is 0 Å². The molecule has 2 aromatic carbocycles. The number of rotatable bonds is 5. The minimum atomic E-state index is -0.452. The number of nitro benzene ring substituents is 1. The summed E-state index contributed by atoms with van der Waals surface area (Å²) in [6.45, 7) is 0.522. The molecule has 0 unspecified atom stereocenters. The highest BCUT2D eigenvalue weighted by Gasteiger charge is 2.09. The van der Waals surface area contributed by atoms with Crippen LogP contribution in [-0.2, 0) is 6.54 Å². The molecule has 0 saturated carbocycles. The van der Waals surface area contributed by atoms with E-state index >= 15 is 0 Å². The lowest BCUT2D eigenvalue weighted by Crippen LogP contribution is -2.01. The normalized spacial score (nSPS) is 10.3. The summed E-state index contributed by atoms with van der Waals surface area (Å²) >= 11 is 7.72. The molecular weight excluding hydrogens is 296 g/mol. The van der Waals surface area contributed by atoms with Crippen LogP contribution in [0, 0.1) is 10.1 Å². The number of benzene rings is 2. The molecule has 0 aliphatic heterocycles. The standard InChI is InChI=1S/C14H13ClN2O2S/c1-20-14-5-3-2-4-13(14)16-9-10-6-7-11(17(18)19)8-12(10)15/h2-8,16H,9H2,1H3. The van der Waals surface area contributed by atoms with Gasteiger partial charge in [0, 0.05) is 29.3 Å². The minimum absolute atomic E-state index is 0.00302. The second-order valence-electron chi connectivity index (χ2n) is 4.09.